The summed E-state index contributed by atoms with van der Waals surface area (Å²) in [5, 5.41) is 4.92. The predicted octanol–water partition coefficient (Wildman–Crippen LogP) is 3.17. The highest BCUT2D eigenvalue weighted by Crippen LogP contribution is 2.23. The number of hydrogen-bond donors (Lipinski definition) is 2. The molecule has 11 heteroatoms. The number of carbonyl (C=O) groups excluding carboxylic acids is 3. The van der Waals surface area contributed by atoms with Crippen molar-refractivity contribution in [1.29, 1.82) is 0 Å². The molecule has 0 atom stereocenters. The summed E-state index contributed by atoms with van der Waals surface area (Å²) in [4.78, 5) is 37.3. The molecular formula is C19H17BrF3N3O4. The Balaban J connectivity index is 1.80. The zero-order valence-electron chi connectivity index (χ0n) is 15.6. The summed E-state index contributed by atoms with van der Waals surface area (Å²) in [5.41, 5.74) is 0.605. The van der Waals surface area contributed by atoms with Gasteiger partial charge < -0.3 is 20.3 Å². The maximum Gasteiger partial charge on any atom is 0.573 e. The Kier molecular flexibility index (Phi) is 7.81. The SMILES string of the molecule is CN(CC(=O)Nc1ccc(OC(F)(F)F)cc1)C(=O)CNC(=O)c1cccc(Br)c1. The first-order valence-corrected chi connectivity index (χ1v) is 9.26. The number of likely N-dealkylation sites (N-methyl/N-ethyl adjacent to an activating group) is 1. The molecule has 2 rings (SSSR count). The second-order valence-corrected chi connectivity index (χ2v) is 6.98. The van der Waals surface area contributed by atoms with Crippen LogP contribution in [0.5, 0.6) is 5.75 Å². The number of nitrogens with zero attached hydrogens (tertiary/aromatic N) is 1. The summed E-state index contributed by atoms with van der Waals surface area (Å²) in [7, 11) is 1.38. The molecule has 0 saturated heterocycles. The smallest absolute Gasteiger partial charge is 0.406 e. The van der Waals surface area contributed by atoms with Crippen molar-refractivity contribution in [2.75, 3.05) is 25.5 Å². The third-order valence-corrected chi connectivity index (χ3v) is 4.16. The molecule has 0 radical (unpaired) electrons. The van der Waals surface area contributed by atoms with Crippen LogP contribution in [0.4, 0.5) is 18.9 Å². The van der Waals surface area contributed by atoms with Gasteiger partial charge in [-0.25, -0.2) is 0 Å². The van der Waals surface area contributed by atoms with Crippen molar-refractivity contribution in [2.24, 2.45) is 0 Å². The number of nitrogens with one attached hydrogen (secondary N) is 2. The van der Waals surface area contributed by atoms with Crippen LogP contribution >= 0.6 is 15.9 Å². The van der Waals surface area contributed by atoms with Gasteiger partial charge in [-0.05, 0) is 42.5 Å². The van der Waals surface area contributed by atoms with Crippen LogP contribution in [0.25, 0.3) is 0 Å². The van der Waals surface area contributed by atoms with E-state index in [0.29, 0.717) is 10.0 Å². The van der Waals surface area contributed by atoms with Crippen LogP contribution in [0.1, 0.15) is 10.4 Å². The molecule has 0 saturated carbocycles. The van der Waals surface area contributed by atoms with E-state index in [-0.39, 0.29) is 18.8 Å². The normalized spacial score (nSPS) is 10.8. The molecule has 0 aromatic heterocycles. The van der Waals surface area contributed by atoms with E-state index in [1.54, 1.807) is 24.3 Å². The lowest BCUT2D eigenvalue weighted by Gasteiger charge is -2.17. The van der Waals surface area contributed by atoms with Gasteiger partial charge in [0.25, 0.3) is 5.91 Å². The molecule has 2 aromatic rings. The molecule has 3 amide bonds. The Morgan fingerprint density at radius 1 is 1.10 bits per heavy atom. The van der Waals surface area contributed by atoms with Crippen LogP contribution in [0.2, 0.25) is 0 Å². The molecule has 0 heterocycles. The summed E-state index contributed by atoms with van der Waals surface area (Å²) in [6.07, 6.45) is -4.81. The Labute approximate surface area is 178 Å². The number of hydrogen-bond acceptors (Lipinski definition) is 4. The van der Waals surface area contributed by atoms with E-state index in [9.17, 15) is 27.6 Å². The van der Waals surface area contributed by atoms with E-state index in [1.165, 1.54) is 19.2 Å². The van der Waals surface area contributed by atoms with Gasteiger partial charge >= 0.3 is 6.36 Å². The molecular weight excluding hydrogens is 471 g/mol. The number of benzene rings is 2. The fourth-order valence-corrected chi connectivity index (χ4v) is 2.67. The highest BCUT2D eigenvalue weighted by Gasteiger charge is 2.31. The zero-order valence-corrected chi connectivity index (χ0v) is 17.2. The van der Waals surface area contributed by atoms with E-state index >= 15 is 0 Å². The minimum atomic E-state index is -4.81. The molecule has 2 N–H and O–H groups in total. The Bertz CT molecular complexity index is 920. The predicted molar refractivity (Wildman–Crippen MR) is 106 cm³/mol. The number of ether oxygens (including phenoxy) is 1. The number of halogens is 4. The molecule has 7 nitrogen and oxygen atoms in total. The van der Waals surface area contributed by atoms with Crippen molar-refractivity contribution in [1.82, 2.24) is 10.2 Å². The standard InChI is InChI=1S/C19H17BrF3N3O4/c1-26(17(28)10-24-18(29)12-3-2-4-13(20)9-12)11-16(27)25-14-5-7-15(8-6-14)30-19(21,22)23/h2-9H,10-11H2,1H3,(H,24,29)(H,25,27). The summed E-state index contributed by atoms with van der Waals surface area (Å²) >= 11 is 3.25. The van der Waals surface area contributed by atoms with Gasteiger partial charge in [0.2, 0.25) is 11.8 Å². The topological polar surface area (TPSA) is 87.7 Å². The number of amides is 3. The third-order valence-electron chi connectivity index (χ3n) is 3.67. The molecule has 0 aliphatic rings. The lowest BCUT2D eigenvalue weighted by atomic mass is 10.2. The lowest BCUT2D eigenvalue weighted by molar-refractivity contribution is -0.274. The first-order chi connectivity index (χ1) is 14.0. The van der Waals surface area contributed by atoms with Gasteiger partial charge in [-0.15, -0.1) is 13.2 Å². The highest BCUT2D eigenvalue weighted by atomic mass is 79.9. The van der Waals surface area contributed by atoms with E-state index < -0.39 is 29.8 Å². The summed E-state index contributed by atoms with van der Waals surface area (Å²) in [6.45, 7) is -0.620. The second kappa shape index (κ2) is 10.1. The Morgan fingerprint density at radius 2 is 1.77 bits per heavy atom. The van der Waals surface area contributed by atoms with Gasteiger partial charge in [0.1, 0.15) is 5.75 Å². The van der Waals surface area contributed by atoms with Gasteiger partial charge in [0.15, 0.2) is 0 Å². The van der Waals surface area contributed by atoms with Crippen molar-refractivity contribution in [2.45, 2.75) is 6.36 Å². The average Bonchev–Trinajstić information content (AvgIpc) is 2.66. The fraction of sp³-hybridized carbons (Fsp3) is 0.211. The summed E-state index contributed by atoms with van der Waals surface area (Å²) < 4.78 is 40.9. The third kappa shape index (κ3) is 7.74. The molecule has 0 fully saturated rings. The average molecular weight is 488 g/mol. The van der Waals surface area contributed by atoms with Crippen LogP contribution < -0.4 is 15.4 Å². The quantitative estimate of drug-likeness (QED) is 0.627. The van der Waals surface area contributed by atoms with Gasteiger partial charge in [-0.2, -0.15) is 0 Å². The van der Waals surface area contributed by atoms with E-state index in [1.807, 2.05) is 0 Å². The molecule has 0 spiro atoms. The minimum Gasteiger partial charge on any atom is -0.406 e. The molecule has 160 valence electrons. The monoisotopic (exact) mass is 487 g/mol. The number of carbonyl (C=O) groups is 3. The molecule has 0 aliphatic carbocycles. The van der Waals surface area contributed by atoms with Gasteiger partial charge in [0, 0.05) is 22.8 Å². The first-order valence-electron chi connectivity index (χ1n) is 8.47. The van der Waals surface area contributed by atoms with Gasteiger partial charge in [-0.3, -0.25) is 14.4 Å². The highest BCUT2D eigenvalue weighted by molar-refractivity contribution is 9.10. The molecule has 2 aromatic carbocycles. The number of anilines is 1. The van der Waals surface area contributed by atoms with E-state index in [2.05, 4.69) is 31.3 Å². The number of alkyl halides is 3. The zero-order chi connectivity index (χ0) is 22.3. The molecule has 30 heavy (non-hydrogen) atoms. The molecule has 0 unspecified atom stereocenters. The van der Waals surface area contributed by atoms with Crippen molar-refractivity contribution in [3.8, 4) is 5.75 Å². The van der Waals surface area contributed by atoms with Crippen LogP contribution in [0.15, 0.2) is 53.0 Å². The van der Waals surface area contributed by atoms with Gasteiger partial charge in [0.05, 0.1) is 13.1 Å². The van der Waals surface area contributed by atoms with Crippen LogP contribution in [0.3, 0.4) is 0 Å². The summed E-state index contributed by atoms with van der Waals surface area (Å²) in [5.74, 6) is -1.92. The largest absolute Gasteiger partial charge is 0.573 e. The molecule has 0 bridgehead atoms. The van der Waals surface area contributed by atoms with Crippen molar-refractivity contribution < 1.29 is 32.3 Å². The number of rotatable bonds is 7. The maximum atomic E-state index is 12.1. The molecule has 0 aliphatic heterocycles. The van der Waals surface area contributed by atoms with Crippen molar-refractivity contribution in [3.05, 3.63) is 58.6 Å². The maximum absolute atomic E-state index is 12.1. The van der Waals surface area contributed by atoms with Crippen molar-refractivity contribution >= 4 is 39.3 Å². The summed E-state index contributed by atoms with van der Waals surface area (Å²) in [6, 6.07) is 11.2. The second-order valence-electron chi connectivity index (χ2n) is 6.06. The Morgan fingerprint density at radius 3 is 2.37 bits per heavy atom. The lowest BCUT2D eigenvalue weighted by Crippen LogP contribution is -2.41. The fourth-order valence-electron chi connectivity index (χ4n) is 2.27. The van der Waals surface area contributed by atoms with E-state index in [4.69, 9.17) is 0 Å². The Hall–Kier alpha value is -3.08. The van der Waals surface area contributed by atoms with E-state index in [0.717, 1.165) is 17.0 Å². The van der Waals surface area contributed by atoms with Crippen LogP contribution in [-0.2, 0) is 9.59 Å². The van der Waals surface area contributed by atoms with Crippen LogP contribution in [0, 0.1) is 0 Å². The van der Waals surface area contributed by atoms with Crippen LogP contribution in [-0.4, -0.2) is 49.1 Å². The first kappa shape index (κ1) is 23.2. The van der Waals surface area contributed by atoms with Gasteiger partial charge in [-0.1, -0.05) is 22.0 Å². The minimum absolute atomic E-state index is 0.235. The van der Waals surface area contributed by atoms with Crippen molar-refractivity contribution in [3.63, 3.8) is 0 Å².